The fraction of sp³-hybridized carbons (Fsp3) is 0.333. The number of urea groups is 1. The van der Waals surface area contributed by atoms with Crippen LogP contribution in [0.15, 0.2) is 42.6 Å². The van der Waals surface area contributed by atoms with Gasteiger partial charge in [0.2, 0.25) is 0 Å². The van der Waals surface area contributed by atoms with Gasteiger partial charge in [0.15, 0.2) is 0 Å². The molecule has 2 rings (SSSR count). The van der Waals surface area contributed by atoms with Gasteiger partial charge in [0.1, 0.15) is 6.04 Å². The number of hydrogen-bond donors (Lipinski definition) is 2. The Morgan fingerprint density at radius 3 is 1.94 bits per heavy atom. The Kier molecular flexibility index (Phi) is 6.76. The predicted molar refractivity (Wildman–Crippen MR) is 89.7 cm³/mol. The van der Waals surface area contributed by atoms with Crippen molar-refractivity contribution in [1.29, 1.82) is 0 Å². The summed E-state index contributed by atoms with van der Waals surface area (Å²) in [6.45, 7) is 0.606. The van der Waals surface area contributed by atoms with Crippen molar-refractivity contribution in [3.05, 3.63) is 65.0 Å². The zero-order valence-electron chi connectivity index (χ0n) is 15.5. The maximum atomic E-state index is 13.4. The van der Waals surface area contributed by atoms with E-state index in [1.54, 1.807) is 0 Å². The van der Waals surface area contributed by atoms with Crippen molar-refractivity contribution in [3.8, 4) is 0 Å². The maximum Gasteiger partial charge on any atom is 0.418 e. The standard InChI is InChI=1S/C18H14F9N3O/c1-9(16(19,20)21)29-15(31)30-13(10-4-6-11(7-5-10)17(22,23)24)14-12(18(25,26)27)3-2-8-28-14/h2-9,13H,1H3,(H2,29,30,31)/t9-,13-/m0/s1. The van der Waals surface area contributed by atoms with Gasteiger partial charge in [-0.25, -0.2) is 4.79 Å². The Morgan fingerprint density at radius 2 is 1.45 bits per heavy atom. The number of alkyl halides is 9. The summed E-state index contributed by atoms with van der Waals surface area (Å²) >= 11 is 0. The van der Waals surface area contributed by atoms with Gasteiger partial charge in [-0.3, -0.25) is 4.98 Å². The first-order valence-corrected chi connectivity index (χ1v) is 8.43. The molecule has 170 valence electrons. The van der Waals surface area contributed by atoms with Crippen molar-refractivity contribution in [2.45, 2.75) is 37.5 Å². The van der Waals surface area contributed by atoms with Gasteiger partial charge in [-0.05, 0) is 36.8 Å². The number of nitrogens with one attached hydrogen (secondary N) is 2. The van der Waals surface area contributed by atoms with Gasteiger partial charge < -0.3 is 10.6 Å². The molecule has 0 aliphatic rings. The van der Waals surface area contributed by atoms with Crippen LogP contribution in [0.25, 0.3) is 0 Å². The topological polar surface area (TPSA) is 54.0 Å². The molecule has 2 atom stereocenters. The highest BCUT2D eigenvalue weighted by molar-refractivity contribution is 5.75. The summed E-state index contributed by atoms with van der Waals surface area (Å²) in [5, 5.41) is 3.45. The molecule has 0 aliphatic heterocycles. The zero-order valence-corrected chi connectivity index (χ0v) is 15.5. The van der Waals surface area contributed by atoms with Crippen molar-refractivity contribution >= 4 is 6.03 Å². The monoisotopic (exact) mass is 459 g/mol. The smallest absolute Gasteiger partial charge is 0.327 e. The molecule has 2 N–H and O–H groups in total. The number of nitrogens with zero attached hydrogens (tertiary/aromatic N) is 1. The van der Waals surface area contributed by atoms with E-state index in [0.717, 1.165) is 24.4 Å². The average Bonchev–Trinajstić information content (AvgIpc) is 2.64. The van der Waals surface area contributed by atoms with Gasteiger partial charge in [-0.15, -0.1) is 0 Å². The van der Waals surface area contributed by atoms with E-state index in [0.29, 0.717) is 25.1 Å². The quantitative estimate of drug-likeness (QED) is 0.597. The molecule has 0 unspecified atom stereocenters. The molecule has 0 spiro atoms. The van der Waals surface area contributed by atoms with Crippen LogP contribution in [0.1, 0.15) is 35.3 Å². The van der Waals surface area contributed by atoms with Crippen LogP contribution < -0.4 is 10.6 Å². The third-order valence-corrected chi connectivity index (χ3v) is 4.10. The zero-order chi connectivity index (χ0) is 23.6. The third kappa shape index (κ3) is 6.25. The molecule has 1 aromatic carbocycles. The van der Waals surface area contributed by atoms with E-state index in [1.165, 1.54) is 5.32 Å². The predicted octanol–water partition coefficient (Wildman–Crippen LogP) is 5.46. The molecule has 0 bridgehead atoms. The summed E-state index contributed by atoms with van der Waals surface area (Å²) < 4.78 is 116. The van der Waals surface area contributed by atoms with Gasteiger partial charge in [-0.1, -0.05) is 12.1 Å². The number of pyridine rings is 1. The second-order valence-electron chi connectivity index (χ2n) is 6.37. The van der Waals surface area contributed by atoms with Crippen molar-refractivity contribution in [2.75, 3.05) is 0 Å². The highest BCUT2D eigenvalue weighted by atomic mass is 19.4. The lowest BCUT2D eigenvalue weighted by Gasteiger charge is -2.24. The van der Waals surface area contributed by atoms with Crippen LogP contribution in [0.3, 0.4) is 0 Å². The van der Waals surface area contributed by atoms with E-state index in [9.17, 15) is 44.3 Å². The van der Waals surface area contributed by atoms with Crippen molar-refractivity contribution in [3.63, 3.8) is 0 Å². The van der Waals surface area contributed by atoms with Gasteiger partial charge in [0.05, 0.1) is 22.9 Å². The first kappa shape index (κ1) is 24.3. The van der Waals surface area contributed by atoms with E-state index in [1.807, 2.05) is 5.32 Å². The minimum Gasteiger partial charge on any atom is -0.327 e. The molecule has 0 fully saturated rings. The van der Waals surface area contributed by atoms with Gasteiger partial charge in [0, 0.05) is 6.20 Å². The van der Waals surface area contributed by atoms with Crippen molar-refractivity contribution in [1.82, 2.24) is 15.6 Å². The first-order chi connectivity index (χ1) is 14.1. The molecule has 0 radical (unpaired) electrons. The van der Waals surface area contributed by atoms with Gasteiger partial charge in [-0.2, -0.15) is 39.5 Å². The van der Waals surface area contributed by atoms with Crippen LogP contribution in [-0.2, 0) is 12.4 Å². The number of hydrogen-bond acceptors (Lipinski definition) is 2. The lowest BCUT2D eigenvalue weighted by molar-refractivity contribution is -0.148. The van der Waals surface area contributed by atoms with Crippen LogP contribution in [0.4, 0.5) is 44.3 Å². The minimum atomic E-state index is -4.95. The molecule has 0 saturated carbocycles. The van der Waals surface area contributed by atoms with E-state index in [-0.39, 0.29) is 5.56 Å². The summed E-state index contributed by atoms with van der Waals surface area (Å²) in [4.78, 5) is 15.6. The van der Waals surface area contributed by atoms with Crippen LogP contribution >= 0.6 is 0 Å². The molecule has 0 aliphatic carbocycles. The molecule has 2 amide bonds. The van der Waals surface area contributed by atoms with E-state index < -0.39 is 53.5 Å². The Morgan fingerprint density at radius 1 is 0.871 bits per heavy atom. The summed E-state index contributed by atoms with van der Waals surface area (Å²) in [5.74, 6) is 0. The number of amides is 2. The molecular weight excluding hydrogens is 445 g/mol. The first-order valence-electron chi connectivity index (χ1n) is 8.43. The van der Waals surface area contributed by atoms with E-state index in [2.05, 4.69) is 4.98 Å². The Labute approximate surface area is 169 Å². The molecule has 13 heteroatoms. The highest BCUT2D eigenvalue weighted by Gasteiger charge is 2.39. The van der Waals surface area contributed by atoms with Crippen LogP contribution in [0.2, 0.25) is 0 Å². The largest absolute Gasteiger partial charge is 0.418 e. The Balaban J connectivity index is 2.48. The van der Waals surface area contributed by atoms with Crippen molar-refractivity contribution < 1.29 is 44.3 Å². The number of rotatable bonds is 4. The Hall–Kier alpha value is -2.99. The molecule has 0 saturated heterocycles. The highest BCUT2D eigenvalue weighted by Crippen LogP contribution is 2.36. The molecular formula is C18H14F9N3O. The van der Waals surface area contributed by atoms with Crippen LogP contribution in [0, 0.1) is 0 Å². The molecule has 4 nitrogen and oxygen atoms in total. The summed E-state index contributed by atoms with van der Waals surface area (Å²) in [5.41, 5.74) is -3.48. The van der Waals surface area contributed by atoms with Gasteiger partial charge >= 0.3 is 24.6 Å². The maximum absolute atomic E-state index is 13.4. The van der Waals surface area contributed by atoms with Crippen LogP contribution in [-0.4, -0.2) is 23.2 Å². The summed E-state index contributed by atoms with van der Waals surface area (Å²) in [6.07, 6.45) is -13.6. The van der Waals surface area contributed by atoms with Crippen LogP contribution in [0.5, 0.6) is 0 Å². The molecule has 31 heavy (non-hydrogen) atoms. The van der Waals surface area contributed by atoms with Crippen molar-refractivity contribution in [2.24, 2.45) is 0 Å². The minimum absolute atomic E-state index is 0.257. The second kappa shape index (κ2) is 8.63. The number of halogens is 9. The van der Waals surface area contributed by atoms with Gasteiger partial charge in [0.25, 0.3) is 0 Å². The fourth-order valence-electron chi connectivity index (χ4n) is 2.51. The third-order valence-electron chi connectivity index (χ3n) is 4.10. The van der Waals surface area contributed by atoms with E-state index in [4.69, 9.17) is 0 Å². The average molecular weight is 459 g/mol. The normalized spacial score (nSPS) is 14.6. The molecule has 1 aromatic heterocycles. The SMILES string of the molecule is C[C@H](NC(=O)N[C@@H](c1ccc(C(F)(F)F)cc1)c1ncccc1C(F)(F)F)C(F)(F)F. The summed E-state index contributed by atoms with van der Waals surface area (Å²) in [7, 11) is 0. The lowest BCUT2D eigenvalue weighted by atomic mass is 9.98. The number of carbonyl (C=O) groups excluding carboxylic acids is 1. The number of carbonyl (C=O) groups is 1. The van der Waals surface area contributed by atoms with E-state index >= 15 is 0 Å². The lowest BCUT2D eigenvalue weighted by Crippen LogP contribution is -2.48. The number of aromatic nitrogens is 1. The number of benzene rings is 1. The second-order valence-corrected chi connectivity index (χ2v) is 6.37. The molecule has 2 aromatic rings. The molecule has 1 heterocycles. The summed E-state index contributed by atoms with van der Waals surface area (Å²) in [6, 6.07) is -1.32. The Bertz CT molecular complexity index is 905. The fourth-order valence-corrected chi connectivity index (χ4v) is 2.51.